The van der Waals surface area contributed by atoms with Crippen LogP contribution in [0.4, 0.5) is 0 Å². The van der Waals surface area contributed by atoms with Gasteiger partial charge in [0.2, 0.25) is 0 Å². The molecule has 0 aromatic rings. The molecule has 0 amide bonds. The van der Waals surface area contributed by atoms with Crippen LogP contribution in [0.1, 0.15) is 6.92 Å². The summed E-state index contributed by atoms with van der Waals surface area (Å²) in [4.78, 5) is 0. The highest BCUT2D eigenvalue weighted by Gasteiger charge is 2.54. The van der Waals surface area contributed by atoms with E-state index in [1.54, 1.807) is 0 Å². The van der Waals surface area contributed by atoms with E-state index in [0.29, 0.717) is 0 Å². The van der Waals surface area contributed by atoms with Gasteiger partial charge in [-0.3, -0.25) is 4.55 Å². The van der Waals surface area contributed by atoms with Crippen molar-refractivity contribution in [3.8, 4) is 0 Å². The van der Waals surface area contributed by atoms with Crippen molar-refractivity contribution < 1.29 is 86.8 Å². The van der Waals surface area contributed by atoms with E-state index in [4.69, 9.17) is 28.2 Å². The van der Waals surface area contributed by atoms with Gasteiger partial charge in [-0.1, -0.05) is 0 Å². The SMILES string of the molecule is C[C@@H]1O[C@@H](O[C@@H]2[C@@H](O)[C@H](O)O[C@H](CO)[C@H]2O[C@@H]2O[C@H](CO)[C@H](O)[C@H](OS(=O)(=O)O)[C@H]2O)[C@@H](O)[C@H](O)[C@@H]1O. The lowest BCUT2D eigenvalue weighted by molar-refractivity contribution is -0.381. The number of hydrogen-bond donors (Lipinski definition) is 10. The Hall–Kier alpha value is -0.690. The zero-order valence-corrected chi connectivity index (χ0v) is 20.0. The Morgan fingerprint density at radius 1 is 0.649 bits per heavy atom. The van der Waals surface area contributed by atoms with E-state index < -0.39 is 116 Å². The van der Waals surface area contributed by atoms with Crippen molar-refractivity contribution in [3.63, 3.8) is 0 Å². The average molecular weight is 569 g/mol. The lowest BCUT2D eigenvalue weighted by atomic mass is 9.96. The van der Waals surface area contributed by atoms with Crippen LogP contribution in [0, 0.1) is 0 Å². The second-order valence-corrected chi connectivity index (χ2v) is 9.86. The van der Waals surface area contributed by atoms with Gasteiger partial charge in [-0.25, -0.2) is 4.18 Å². The maximum Gasteiger partial charge on any atom is 0.397 e. The van der Waals surface area contributed by atoms with E-state index in [-0.39, 0.29) is 0 Å². The van der Waals surface area contributed by atoms with Crippen LogP contribution >= 0.6 is 0 Å². The third-order valence-corrected chi connectivity index (χ3v) is 6.72. The predicted molar refractivity (Wildman–Crippen MR) is 110 cm³/mol. The molecule has 37 heavy (non-hydrogen) atoms. The van der Waals surface area contributed by atoms with Crippen molar-refractivity contribution in [1.29, 1.82) is 0 Å². The van der Waals surface area contributed by atoms with Crippen LogP contribution in [-0.2, 0) is 38.3 Å². The van der Waals surface area contributed by atoms with Crippen LogP contribution in [0.5, 0.6) is 0 Å². The summed E-state index contributed by atoms with van der Waals surface area (Å²) in [6.45, 7) is -0.483. The molecule has 218 valence electrons. The molecule has 3 fully saturated rings. The molecule has 0 unspecified atom stereocenters. The molecule has 18 nitrogen and oxygen atoms in total. The average Bonchev–Trinajstić information content (AvgIpc) is 2.83. The van der Waals surface area contributed by atoms with Crippen molar-refractivity contribution >= 4 is 10.4 Å². The fourth-order valence-corrected chi connectivity index (χ4v) is 4.74. The Morgan fingerprint density at radius 3 is 1.78 bits per heavy atom. The summed E-state index contributed by atoms with van der Waals surface area (Å²) in [6, 6.07) is 0. The highest BCUT2D eigenvalue weighted by Crippen LogP contribution is 2.33. The van der Waals surface area contributed by atoms with E-state index in [2.05, 4.69) is 4.18 Å². The first-order valence-corrected chi connectivity index (χ1v) is 12.5. The minimum absolute atomic E-state index is 0.889. The van der Waals surface area contributed by atoms with Crippen molar-refractivity contribution in [1.82, 2.24) is 0 Å². The summed E-state index contributed by atoms with van der Waals surface area (Å²) in [5.74, 6) is 0. The first kappa shape index (κ1) is 30.8. The first-order chi connectivity index (χ1) is 17.2. The Labute approximate surface area is 210 Å². The van der Waals surface area contributed by atoms with Gasteiger partial charge in [-0.15, -0.1) is 0 Å². The number of aliphatic hydroxyl groups excluding tert-OH is 9. The largest absolute Gasteiger partial charge is 0.397 e. The molecule has 0 spiro atoms. The summed E-state index contributed by atoms with van der Waals surface area (Å²) in [6.07, 6.45) is -26.6. The van der Waals surface area contributed by atoms with Gasteiger partial charge in [0.05, 0.1) is 19.3 Å². The predicted octanol–water partition coefficient (Wildman–Crippen LogP) is -6.72. The van der Waals surface area contributed by atoms with Gasteiger partial charge in [0.25, 0.3) is 0 Å². The van der Waals surface area contributed by atoms with Crippen LogP contribution in [0.25, 0.3) is 0 Å². The van der Waals surface area contributed by atoms with Crippen LogP contribution in [0.2, 0.25) is 0 Å². The molecule has 0 aliphatic carbocycles. The van der Waals surface area contributed by atoms with E-state index >= 15 is 0 Å². The second-order valence-electron chi connectivity index (χ2n) is 8.82. The molecule has 3 rings (SSSR count). The van der Waals surface area contributed by atoms with Crippen LogP contribution in [0.15, 0.2) is 0 Å². The molecule has 10 N–H and O–H groups in total. The fraction of sp³-hybridized carbons (Fsp3) is 1.00. The third kappa shape index (κ3) is 6.73. The topological polar surface area (TPSA) is 292 Å². The van der Waals surface area contributed by atoms with Crippen molar-refractivity contribution in [2.24, 2.45) is 0 Å². The molecule has 0 aromatic carbocycles. The number of aliphatic hydroxyl groups is 9. The number of ether oxygens (including phenoxy) is 5. The van der Waals surface area contributed by atoms with Gasteiger partial charge in [0.1, 0.15) is 67.1 Å². The minimum atomic E-state index is -5.22. The monoisotopic (exact) mass is 568 g/mol. The molecule has 3 aliphatic heterocycles. The van der Waals surface area contributed by atoms with Gasteiger partial charge in [-0.05, 0) is 6.92 Å². The van der Waals surface area contributed by atoms with Gasteiger partial charge >= 0.3 is 10.4 Å². The van der Waals surface area contributed by atoms with E-state index in [9.17, 15) is 54.4 Å². The molecule has 3 saturated heterocycles. The van der Waals surface area contributed by atoms with Crippen molar-refractivity contribution in [3.05, 3.63) is 0 Å². The molecule has 0 aromatic heterocycles. The lowest BCUT2D eigenvalue weighted by Crippen LogP contribution is -2.67. The molecule has 3 heterocycles. The second kappa shape index (κ2) is 12.2. The minimum Gasteiger partial charge on any atom is -0.394 e. The smallest absolute Gasteiger partial charge is 0.394 e. The highest BCUT2D eigenvalue weighted by atomic mass is 32.3. The first-order valence-electron chi connectivity index (χ1n) is 11.1. The van der Waals surface area contributed by atoms with Gasteiger partial charge in [-0.2, -0.15) is 8.42 Å². The third-order valence-electron chi connectivity index (χ3n) is 6.26. The van der Waals surface area contributed by atoms with Crippen LogP contribution in [0.3, 0.4) is 0 Å². The zero-order valence-electron chi connectivity index (χ0n) is 19.2. The summed E-state index contributed by atoms with van der Waals surface area (Å²) >= 11 is 0. The Balaban J connectivity index is 1.88. The fourth-order valence-electron chi connectivity index (χ4n) is 4.23. The van der Waals surface area contributed by atoms with E-state index in [1.807, 2.05) is 0 Å². The van der Waals surface area contributed by atoms with Crippen molar-refractivity contribution in [2.45, 2.75) is 99.0 Å². The van der Waals surface area contributed by atoms with E-state index in [0.717, 1.165) is 0 Å². The normalized spacial score (nSPS) is 49.6. The quantitative estimate of drug-likeness (QED) is 0.122. The summed E-state index contributed by atoms with van der Waals surface area (Å²) < 4.78 is 62.5. The number of hydrogen-bond acceptors (Lipinski definition) is 17. The Kier molecular flexibility index (Phi) is 10.2. The molecular weight excluding hydrogens is 536 g/mol. The molecule has 3 aliphatic rings. The standard InChI is InChI=1S/C18H32O18S/c1-4-7(21)9(23)10(24)17(31-4)35-15-11(25)16(27)32-6(3-20)13(15)34-18-12(26)14(36-37(28,29)30)8(22)5(2-19)33-18/h4-27H,2-3H2,1H3,(H,28,29,30)/t4-,5+,6+,7+,8-,9+,10-,11+,12+,13+,14-,15+,16+,17-,18-/m0/s1. The van der Waals surface area contributed by atoms with Crippen LogP contribution in [-0.4, -0.2) is 164 Å². The highest BCUT2D eigenvalue weighted by molar-refractivity contribution is 7.80. The van der Waals surface area contributed by atoms with E-state index in [1.165, 1.54) is 6.92 Å². The molecule has 15 atom stereocenters. The van der Waals surface area contributed by atoms with Crippen molar-refractivity contribution in [2.75, 3.05) is 13.2 Å². The maximum atomic E-state index is 11.2. The van der Waals surface area contributed by atoms with Gasteiger partial charge < -0.3 is 69.6 Å². The number of rotatable bonds is 8. The molecule has 0 saturated carbocycles. The molecule has 19 heteroatoms. The molecular formula is C18H32O18S. The lowest BCUT2D eigenvalue weighted by Gasteiger charge is -2.48. The van der Waals surface area contributed by atoms with Gasteiger partial charge in [0, 0.05) is 0 Å². The summed E-state index contributed by atoms with van der Waals surface area (Å²) in [5.41, 5.74) is 0. The van der Waals surface area contributed by atoms with Gasteiger partial charge in [0.15, 0.2) is 18.9 Å². The molecule has 0 bridgehead atoms. The zero-order chi connectivity index (χ0) is 27.8. The maximum absolute atomic E-state index is 11.2. The summed E-state index contributed by atoms with van der Waals surface area (Å²) in [5, 5.41) is 90.8. The molecule has 0 radical (unpaired) electrons. The Morgan fingerprint density at radius 2 is 1.22 bits per heavy atom. The Bertz CT molecular complexity index is 845. The van der Waals surface area contributed by atoms with Crippen LogP contribution < -0.4 is 0 Å². The summed E-state index contributed by atoms with van der Waals surface area (Å²) in [7, 11) is -5.22.